The molecule has 1 heterocycles. The summed E-state index contributed by atoms with van der Waals surface area (Å²) >= 11 is 5.95. The van der Waals surface area contributed by atoms with E-state index in [1.807, 2.05) is 30.3 Å². The Morgan fingerprint density at radius 1 is 1.14 bits per heavy atom. The Bertz CT molecular complexity index is 1050. The number of aryl methyl sites for hydroxylation is 1. The number of halogens is 2. The van der Waals surface area contributed by atoms with Gasteiger partial charge in [0.2, 0.25) is 0 Å². The summed E-state index contributed by atoms with van der Waals surface area (Å²) in [7, 11) is 0. The van der Waals surface area contributed by atoms with Crippen LogP contribution in [0.4, 0.5) is 15.8 Å². The molecule has 0 saturated heterocycles. The number of amides is 1. The molecule has 0 fully saturated rings. The molecule has 0 atom stereocenters. The first-order valence-corrected chi connectivity index (χ1v) is 9.56. The SMILES string of the molecule is [NH3+]C(=O)Cc1ccc(Nc2cc(-c3ccc(F)c(Cl)c3)nc3c2CCC3)cc1. The summed E-state index contributed by atoms with van der Waals surface area (Å²) < 4.78 is 13.5. The third kappa shape index (κ3) is 3.91. The molecule has 1 amide bonds. The van der Waals surface area contributed by atoms with Crippen molar-refractivity contribution in [2.45, 2.75) is 25.7 Å². The number of nitrogens with zero attached hydrogens (tertiary/aromatic N) is 1. The van der Waals surface area contributed by atoms with Crippen molar-refractivity contribution in [3.8, 4) is 11.3 Å². The van der Waals surface area contributed by atoms with Gasteiger partial charge in [-0.1, -0.05) is 23.7 Å². The van der Waals surface area contributed by atoms with Crippen molar-refractivity contribution in [3.63, 3.8) is 0 Å². The fourth-order valence-corrected chi connectivity index (χ4v) is 3.73. The summed E-state index contributed by atoms with van der Waals surface area (Å²) in [6, 6.07) is 14.4. The van der Waals surface area contributed by atoms with Gasteiger partial charge < -0.3 is 5.32 Å². The van der Waals surface area contributed by atoms with Crippen LogP contribution in [0.25, 0.3) is 11.3 Å². The Morgan fingerprint density at radius 2 is 1.93 bits per heavy atom. The van der Waals surface area contributed by atoms with E-state index >= 15 is 0 Å². The van der Waals surface area contributed by atoms with Crippen molar-refractivity contribution >= 4 is 28.9 Å². The summed E-state index contributed by atoms with van der Waals surface area (Å²) in [5, 5.41) is 3.56. The zero-order valence-electron chi connectivity index (χ0n) is 15.3. The van der Waals surface area contributed by atoms with Gasteiger partial charge in [0.1, 0.15) is 5.82 Å². The van der Waals surface area contributed by atoms with Crippen LogP contribution in [0.3, 0.4) is 0 Å². The molecule has 3 aromatic rings. The molecule has 0 bridgehead atoms. The van der Waals surface area contributed by atoms with Gasteiger partial charge in [-0.2, -0.15) is 0 Å². The number of quaternary nitrogens is 1. The van der Waals surface area contributed by atoms with E-state index in [0.717, 1.165) is 53.2 Å². The van der Waals surface area contributed by atoms with E-state index in [0.29, 0.717) is 6.42 Å². The van der Waals surface area contributed by atoms with Crippen LogP contribution in [0.5, 0.6) is 0 Å². The Hall–Kier alpha value is -2.76. The molecule has 0 aliphatic heterocycles. The molecule has 6 heteroatoms. The molecule has 0 unspecified atom stereocenters. The molecule has 4 rings (SSSR count). The zero-order valence-corrected chi connectivity index (χ0v) is 16.0. The lowest BCUT2D eigenvalue weighted by Gasteiger charge is -2.14. The molecule has 0 spiro atoms. The van der Waals surface area contributed by atoms with Gasteiger partial charge in [-0.3, -0.25) is 10.7 Å². The molecule has 28 heavy (non-hydrogen) atoms. The number of benzene rings is 2. The normalized spacial score (nSPS) is 12.7. The highest BCUT2D eigenvalue weighted by Gasteiger charge is 2.19. The van der Waals surface area contributed by atoms with Gasteiger partial charge in [-0.25, -0.2) is 9.18 Å². The number of rotatable bonds is 5. The minimum Gasteiger partial charge on any atom is -0.355 e. The Balaban J connectivity index is 1.67. The number of nitrogens with one attached hydrogen (secondary N) is 1. The predicted octanol–water partition coefficient (Wildman–Crippen LogP) is 4.08. The molecular weight excluding hydrogens is 377 g/mol. The van der Waals surface area contributed by atoms with Gasteiger partial charge in [-0.05, 0) is 66.8 Å². The highest BCUT2D eigenvalue weighted by molar-refractivity contribution is 6.31. The molecule has 4 N–H and O–H groups in total. The van der Waals surface area contributed by atoms with Crippen LogP contribution in [0, 0.1) is 5.82 Å². The fourth-order valence-electron chi connectivity index (χ4n) is 3.55. The van der Waals surface area contributed by atoms with Gasteiger partial charge >= 0.3 is 5.91 Å². The Morgan fingerprint density at radius 3 is 2.64 bits per heavy atom. The minimum absolute atomic E-state index is 0.0878. The third-order valence-corrected chi connectivity index (χ3v) is 5.19. The maximum absolute atomic E-state index is 13.5. The first kappa shape index (κ1) is 18.6. The van der Waals surface area contributed by atoms with Crippen LogP contribution in [0.1, 0.15) is 23.2 Å². The van der Waals surface area contributed by atoms with E-state index in [1.54, 1.807) is 12.1 Å². The average Bonchev–Trinajstić information content (AvgIpc) is 3.14. The van der Waals surface area contributed by atoms with Crippen molar-refractivity contribution in [1.82, 2.24) is 4.98 Å². The monoisotopic (exact) mass is 396 g/mol. The maximum atomic E-state index is 13.5. The molecule has 2 aromatic carbocycles. The minimum atomic E-state index is -0.439. The van der Waals surface area contributed by atoms with E-state index in [1.165, 1.54) is 11.6 Å². The standard InChI is InChI=1S/C22H19ClFN3O/c23-17-11-14(6-9-18(17)24)20-12-21(16-2-1-3-19(16)27-20)26-15-7-4-13(5-8-15)10-22(25)28/h4-9,11-12H,1-3,10H2,(H2,25,28)(H,26,27)/p+1. The first-order valence-electron chi connectivity index (χ1n) is 9.18. The predicted molar refractivity (Wildman–Crippen MR) is 108 cm³/mol. The average molecular weight is 397 g/mol. The first-order chi connectivity index (χ1) is 13.5. The number of hydrogen-bond acceptors (Lipinski definition) is 3. The molecule has 4 nitrogen and oxygen atoms in total. The number of carbonyl (C=O) groups excluding carboxylic acids is 1. The number of carbonyl (C=O) groups is 1. The van der Waals surface area contributed by atoms with Crippen LogP contribution in [-0.2, 0) is 24.1 Å². The second-order valence-electron chi connectivity index (χ2n) is 7.00. The lowest BCUT2D eigenvalue weighted by Crippen LogP contribution is -2.57. The zero-order chi connectivity index (χ0) is 19.7. The second-order valence-corrected chi connectivity index (χ2v) is 7.41. The number of aromatic nitrogens is 1. The van der Waals surface area contributed by atoms with Crippen molar-refractivity contribution in [2.75, 3.05) is 5.32 Å². The van der Waals surface area contributed by atoms with Crippen molar-refractivity contribution in [2.24, 2.45) is 0 Å². The van der Waals surface area contributed by atoms with Gasteiger partial charge in [0.15, 0.2) is 0 Å². The van der Waals surface area contributed by atoms with Crippen LogP contribution in [0.15, 0.2) is 48.5 Å². The van der Waals surface area contributed by atoms with Crippen LogP contribution < -0.4 is 11.1 Å². The lowest BCUT2D eigenvalue weighted by molar-refractivity contribution is -0.304. The topological polar surface area (TPSA) is 69.6 Å². The number of pyridine rings is 1. The van der Waals surface area contributed by atoms with Gasteiger partial charge in [-0.15, -0.1) is 0 Å². The largest absolute Gasteiger partial charge is 0.355 e. The Kier molecular flexibility index (Phi) is 5.11. The molecule has 1 aromatic heterocycles. The smallest absolute Gasteiger partial charge is 0.313 e. The van der Waals surface area contributed by atoms with E-state index in [2.05, 4.69) is 11.1 Å². The molecule has 1 aliphatic carbocycles. The van der Waals surface area contributed by atoms with E-state index in [4.69, 9.17) is 16.6 Å². The van der Waals surface area contributed by atoms with Crippen molar-refractivity contribution in [3.05, 3.63) is 76.2 Å². The van der Waals surface area contributed by atoms with E-state index in [9.17, 15) is 9.18 Å². The fraction of sp³-hybridized carbons (Fsp3) is 0.182. The molecular formula is C22H20ClFN3O+. The summed E-state index contributed by atoms with van der Waals surface area (Å²) in [5.41, 5.74) is 10.1. The van der Waals surface area contributed by atoms with Gasteiger partial charge in [0.05, 0.1) is 17.1 Å². The number of anilines is 2. The van der Waals surface area contributed by atoms with E-state index in [-0.39, 0.29) is 10.9 Å². The lowest BCUT2D eigenvalue weighted by atomic mass is 10.1. The molecule has 0 saturated carbocycles. The highest BCUT2D eigenvalue weighted by atomic mass is 35.5. The molecule has 0 radical (unpaired) electrons. The van der Waals surface area contributed by atoms with Crippen molar-refractivity contribution in [1.29, 1.82) is 0 Å². The summed E-state index contributed by atoms with van der Waals surface area (Å²) in [6.07, 6.45) is 3.30. The van der Waals surface area contributed by atoms with Crippen LogP contribution >= 0.6 is 11.6 Å². The third-order valence-electron chi connectivity index (χ3n) is 4.90. The second kappa shape index (κ2) is 7.70. The summed E-state index contributed by atoms with van der Waals surface area (Å²) in [5.74, 6) is -0.541. The van der Waals surface area contributed by atoms with Crippen LogP contribution in [0.2, 0.25) is 5.02 Å². The maximum Gasteiger partial charge on any atom is 0.313 e. The molecule has 142 valence electrons. The van der Waals surface area contributed by atoms with Crippen molar-refractivity contribution < 1.29 is 14.9 Å². The van der Waals surface area contributed by atoms with E-state index < -0.39 is 5.82 Å². The molecule has 1 aliphatic rings. The highest BCUT2D eigenvalue weighted by Crippen LogP contribution is 2.34. The number of hydrogen-bond donors (Lipinski definition) is 2. The quantitative estimate of drug-likeness (QED) is 0.682. The van der Waals surface area contributed by atoms with Crippen LogP contribution in [-0.4, -0.2) is 10.9 Å². The summed E-state index contributed by atoms with van der Waals surface area (Å²) in [4.78, 5) is 15.9. The van der Waals surface area contributed by atoms with Gasteiger partial charge in [0.25, 0.3) is 0 Å². The Labute approximate surface area is 167 Å². The number of fused-ring (bicyclic) bond motifs is 1. The summed E-state index contributed by atoms with van der Waals surface area (Å²) in [6.45, 7) is 0. The van der Waals surface area contributed by atoms with Gasteiger partial charge in [0, 0.05) is 22.6 Å².